The summed E-state index contributed by atoms with van der Waals surface area (Å²) >= 11 is 1.42. The third-order valence-electron chi connectivity index (χ3n) is 2.44. The molecule has 0 bridgehead atoms. The van der Waals surface area contributed by atoms with Gasteiger partial charge in [0.1, 0.15) is 5.25 Å². The summed E-state index contributed by atoms with van der Waals surface area (Å²) in [5, 5.41) is 1.36. The first kappa shape index (κ1) is 12.2. The normalized spacial score (nSPS) is 14.2. The maximum absolute atomic E-state index is 12.1. The van der Waals surface area contributed by atoms with Crippen LogP contribution in [0, 0.1) is 0 Å². The van der Waals surface area contributed by atoms with Gasteiger partial charge in [0.25, 0.3) is 0 Å². The van der Waals surface area contributed by atoms with E-state index in [0.29, 0.717) is 5.56 Å². The van der Waals surface area contributed by atoms with E-state index in [1.807, 2.05) is 29.6 Å². The van der Waals surface area contributed by atoms with Gasteiger partial charge in [0.05, 0.1) is 15.0 Å². The standard InChI is InChI=1S/C13H12O2S2/c1-10(17(15)12-8-5-9-16-12)13(14)11-6-3-2-4-7-11/h2-10H,1H3. The first-order valence-corrected chi connectivity index (χ1v) is 7.33. The van der Waals surface area contributed by atoms with Crippen LogP contribution in [0.25, 0.3) is 0 Å². The molecule has 4 heteroatoms. The maximum Gasteiger partial charge on any atom is 0.178 e. The van der Waals surface area contributed by atoms with Crippen molar-refractivity contribution in [2.24, 2.45) is 0 Å². The monoisotopic (exact) mass is 264 g/mol. The van der Waals surface area contributed by atoms with E-state index in [1.54, 1.807) is 25.1 Å². The van der Waals surface area contributed by atoms with Crippen LogP contribution >= 0.6 is 11.3 Å². The number of thiophene rings is 1. The zero-order chi connectivity index (χ0) is 12.3. The van der Waals surface area contributed by atoms with Gasteiger partial charge < -0.3 is 0 Å². The Kier molecular flexibility index (Phi) is 3.86. The molecule has 88 valence electrons. The topological polar surface area (TPSA) is 34.1 Å². The molecule has 0 spiro atoms. The molecule has 1 aromatic heterocycles. The zero-order valence-corrected chi connectivity index (χ0v) is 11.0. The molecule has 0 fully saturated rings. The molecule has 1 aromatic carbocycles. The predicted molar refractivity (Wildman–Crippen MR) is 71.0 cm³/mol. The lowest BCUT2D eigenvalue weighted by Crippen LogP contribution is -2.22. The van der Waals surface area contributed by atoms with E-state index in [1.165, 1.54) is 11.3 Å². The maximum atomic E-state index is 12.1. The van der Waals surface area contributed by atoms with Crippen LogP contribution in [-0.2, 0) is 10.8 Å². The molecular formula is C13H12O2S2. The van der Waals surface area contributed by atoms with Gasteiger partial charge >= 0.3 is 0 Å². The van der Waals surface area contributed by atoms with Crippen LogP contribution in [0.2, 0.25) is 0 Å². The molecule has 0 aliphatic rings. The number of hydrogen-bond acceptors (Lipinski definition) is 3. The second-order valence-corrected chi connectivity index (χ2v) is 6.55. The molecule has 1 heterocycles. The average Bonchev–Trinajstić information content (AvgIpc) is 2.91. The number of rotatable bonds is 4. The van der Waals surface area contributed by atoms with Gasteiger partial charge in [-0.2, -0.15) is 0 Å². The van der Waals surface area contributed by atoms with Crippen LogP contribution in [0.5, 0.6) is 0 Å². The van der Waals surface area contributed by atoms with Crippen molar-refractivity contribution >= 4 is 27.9 Å². The minimum atomic E-state index is -1.26. The summed E-state index contributed by atoms with van der Waals surface area (Å²) in [6.45, 7) is 1.71. The number of carbonyl (C=O) groups is 1. The van der Waals surface area contributed by atoms with Gasteiger partial charge in [-0.15, -0.1) is 11.3 Å². The van der Waals surface area contributed by atoms with Crippen LogP contribution in [0.3, 0.4) is 0 Å². The van der Waals surface area contributed by atoms with Gasteiger partial charge in [-0.1, -0.05) is 36.4 Å². The van der Waals surface area contributed by atoms with Crippen molar-refractivity contribution in [2.45, 2.75) is 16.4 Å². The van der Waals surface area contributed by atoms with Crippen molar-refractivity contribution in [3.8, 4) is 0 Å². The molecule has 0 amide bonds. The van der Waals surface area contributed by atoms with Crippen molar-refractivity contribution in [1.29, 1.82) is 0 Å². The van der Waals surface area contributed by atoms with Crippen LogP contribution < -0.4 is 0 Å². The lowest BCUT2D eigenvalue weighted by Gasteiger charge is -2.08. The van der Waals surface area contributed by atoms with Crippen LogP contribution in [0.15, 0.2) is 52.1 Å². The molecule has 2 atom stereocenters. The van der Waals surface area contributed by atoms with Crippen molar-refractivity contribution in [2.75, 3.05) is 0 Å². The Morgan fingerprint density at radius 1 is 1.18 bits per heavy atom. The van der Waals surface area contributed by atoms with Crippen LogP contribution in [-0.4, -0.2) is 15.2 Å². The lowest BCUT2D eigenvalue weighted by atomic mass is 10.1. The van der Waals surface area contributed by atoms with Gasteiger partial charge in [0.15, 0.2) is 5.78 Å². The van der Waals surface area contributed by atoms with Crippen molar-refractivity contribution in [3.63, 3.8) is 0 Å². The third kappa shape index (κ3) is 2.70. The van der Waals surface area contributed by atoms with Crippen molar-refractivity contribution in [3.05, 3.63) is 53.4 Å². The number of Topliss-reactive ketones (excluding diaryl/α,β-unsaturated/α-hetero) is 1. The van der Waals surface area contributed by atoms with E-state index < -0.39 is 16.0 Å². The Hall–Kier alpha value is -1.26. The van der Waals surface area contributed by atoms with E-state index in [2.05, 4.69) is 0 Å². The minimum absolute atomic E-state index is 0.0719. The van der Waals surface area contributed by atoms with E-state index >= 15 is 0 Å². The largest absolute Gasteiger partial charge is 0.293 e. The predicted octanol–water partition coefficient (Wildman–Crippen LogP) is 3.13. The minimum Gasteiger partial charge on any atom is -0.293 e. The van der Waals surface area contributed by atoms with E-state index in [9.17, 15) is 9.00 Å². The Balaban J connectivity index is 2.19. The summed E-state index contributed by atoms with van der Waals surface area (Å²) < 4.78 is 12.9. The Morgan fingerprint density at radius 3 is 2.47 bits per heavy atom. The van der Waals surface area contributed by atoms with Gasteiger partial charge in [-0.05, 0) is 18.4 Å². The van der Waals surface area contributed by atoms with E-state index in [4.69, 9.17) is 0 Å². The van der Waals surface area contributed by atoms with Gasteiger partial charge in [-0.3, -0.25) is 9.00 Å². The molecule has 0 radical (unpaired) electrons. The highest BCUT2D eigenvalue weighted by atomic mass is 32.2. The quantitative estimate of drug-likeness (QED) is 0.795. The fraction of sp³-hybridized carbons (Fsp3) is 0.154. The first-order valence-electron chi connectivity index (χ1n) is 5.23. The molecule has 0 saturated carbocycles. The van der Waals surface area contributed by atoms with Gasteiger partial charge in [0, 0.05) is 5.56 Å². The van der Waals surface area contributed by atoms with Crippen molar-refractivity contribution < 1.29 is 9.00 Å². The second-order valence-electron chi connectivity index (χ2n) is 3.60. The van der Waals surface area contributed by atoms with Gasteiger partial charge in [-0.25, -0.2) is 0 Å². The smallest absolute Gasteiger partial charge is 0.178 e. The molecule has 0 aliphatic heterocycles. The van der Waals surface area contributed by atoms with Gasteiger partial charge in [0.2, 0.25) is 0 Å². The summed E-state index contributed by atoms with van der Waals surface area (Å²) in [4.78, 5) is 12.1. The number of ketones is 1. The first-order chi connectivity index (χ1) is 8.20. The molecule has 2 unspecified atom stereocenters. The Labute approximate surface area is 107 Å². The highest BCUT2D eigenvalue weighted by molar-refractivity contribution is 7.88. The summed E-state index contributed by atoms with van der Waals surface area (Å²) in [5.74, 6) is -0.0719. The highest BCUT2D eigenvalue weighted by Gasteiger charge is 2.22. The molecule has 2 aromatic rings. The molecule has 17 heavy (non-hydrogen) atoms. The molecule has 2 rings (SSSR count). The SMILES string of the molecule is CC(C(=O)c1ccccc1)S(=O)c1cccs1. The Morgan fingerprint density at radius 2 is 1.88 bits per heavy atom. The van der Waals surface area contributed by atoms with Crippen LogP contribution in [0.4, 0.5) is 0 Å². The number of hydrogen-bond donors (Lipinski definition) is 0. The summed E-state index contributed by atoms with van der Waals surface area (Å²) in [6.07, 6.45) is 0. The molecule has 0 N–H and O–H groups in total. The molecular weight excluding hydrogens is 252 g/mol. The van der Waals surface area contributed by atoms with Crippen LogP contribution in [0.1, 0.15) is 17.3 Å². The molecule has 0 saturated heterocycles. The highest BCUT2D eigenvalue weighted by Crippen LogP contribution is 2.19. The van der Waals surface area contributed by atoms with Crippen molar-refractivity contribution in [1.82, 2.24) is 0 Å². The Bertz CT molecular complexity index is 518. The molecule has 2 nitrogen and oxygen atoms in total. The fourth-order valence-corrected chi connectivity index (χ4v) is 3.81. The zero-order valence-electron chi connectivity index (χ0n) is 9.33. The summed E-state index contributed by atoms with van der Waals surface area (Å²) in [7, 11) is -1.26. The third-order valence-corrected chi connectivity index (χ3v) is 5.27. The summed E-state index contributed by atoms with van der Waals surface area (Å²) in [6, 6.07) is 12.6. The van der Waals surface area contributed by atoms with E-state index in [0.717, 1.165) is 4.21 Å². The number of benzene rings is 1. The molecule has 0 aliphatic carbocycles. The lowest BCUT2D eigenvalue weighted by molar-refractivity contribution is 0.0992. The second kappa shape index (κ2) is 5.38. The fourth-order valence-electron chi connectivity index (χ4n) is 1.49. The number of carbonyl (C=O) groups excluding carboxylic acids is 1. The van der Waals surface area contributed by atoms with E-state index in [-0.39, 0.29) is 5.78 Å². The summed E-state index contributed by atoms with van der Waals surface area (Å²) in [5.41, 5.74) is 0.616. The average molecular weight is 264 g/mol.